The third-order valence-corrected chi connectivity index (χ3v) is 2.66. The maximum absolute atomic E-state index is 5.09. The molecule has 15 heavy (non-hydrogen) atoms. The first-order chi connectivity index (χ1) is 7.29. The van der Waals surface area contributed by atoms with Gasteiger partial charge in [-0.2, -0.15) is 5.10 Å². The van der Waals surface area contributed by atoms with Crippen molar-refractivity contribution in [2.24, 2.45) is 5.92 Å². The fourth-order valence-electron chi connectivity index (χ4n) is 1.69. The van der Waals surface area contributed by atoms with Gasteiger partial charge < -0.3 is 10.1 Å². The highest BCUT2D eigenvalue weighted by Crippen LogP contribution is 2.31. The molecule has 1 heterocycles. The van der Waals surface area contributed by atoms with E-state index in [2.05, 4.69) is 22.0 Å². The van der Waals surface area contributed by atoms with Gasteiger partial charge in [0.2, 0.25) is 0 Å². The van der Waals surface area contributed by atoms with Gasteiger partial charge in [-0.1, -0.05) is 0 Å². The number of rotatable bonds is 6. The minimum absolute atomic E-state index is 0.324. The van der Waals surface area contributed by atoms with Crippen molar-refractivity contribution in [1.82, 2.24) is 9.78 Å². The fraction of sp³-hybridized carbons (Fsp3) is 0.727. The lowest BCUT2D eigenvalue weighted by Crippen LogP contribution is -2.23. The van der Waals surface area contributed by atoms with Crippen molar-refractivity contribution in [3.8, 4) is 0 Å². The normalized spacial score (nSPS) is 17.7. The second kappa shape index (κ2) is 4.66. The number of nitrogens with one attached hydrogen (secondary N) is 1. The van der Waals surface area contributed by atoms with Crippen molar-refractivity contribution in [3.63, 3.8) is 0 Å². The summed E-state index contributed by atoms with van der Waals surface area (Å²) in [5.74, 6) is 1.95. The van der Waals surface area contributed by atoms with Gasteiger partial charge in [-0.25, -0.2) is 4.68 Å². The van der Waals surface area contributed by atoms with Crippen LogP contribution in [0.3, 0.4) is 0 Å². The van der Waals surface area contributed by atoms with Crippen LogP contribution in [0.5, 0.6) is 0 Å². The van der Waals surface area contributed by atoms with Crippen molar-refractivity contribution in [1.29, 1.82) is 0 Å². The van der Waals surface area contributed by atoms with E-state index >= 15 is 0 Å². The van der Waals surface area contributed by atoms with E-state index in [1.165, 1.54) is 12.8 Å². The van der Waals surface area contributed by atoms with Crippen LogP contribution in [0.25, 0.3) is 0 Å². The Morgan fingerprint density at radius 1 is 1.67 bits per heavy atom. The summed E-state index contributed by atoms with van der Waals surface area (Å²) in [6.45, 7) is 3.88. The van der Waals surface area contributed by atoms with Crippen LogP contribution in [0, 0.1) is 5.92 Å². The summed E-state index contributed by atoms with van der Waals surface area (Å²) < 4.78 is 7.15. The Morgan fingerprint density at radius 2 is 2.47 bits per heavy atom. The topological polar surface area (TPSA) is 39.1 Å². The Hall–Kier alpha value is -1.03. The molecule has 0 amide bonds. The van der Waals surface area contributed by atoms with Gasteiger partial charge in [-0.3, -0.25) is 0 Å². The fourth-order valence-corrected chi connectivity index (χ4v) is 1.69. The zero-order valence-corrected chi connectivity index (χ0v) is 9.44. The van der Waals surface area contributed by atoms with Gasteiger partial charge in [0.1, 0.15) is 5.82 Å². The van der Waals surface area contributed by atoms with Gasteiger partial charge in [0.05, 0.1) is 12.8 Å². The van der Waals surface area contributed by atoms with Gasteiger partial charge in [0.25, 0.3) is 0 Å². The molecule has 0 spiro atoms. The highest BCUT2D eigenvalue weighted by atomic mass is 16.5. The monoisotopic (exact) mass is 209 g/mol. The maximum atomic E-state index is 5.09. The molecule has 0 radical (unpaired) electrons. The Labute approximate surface area is 90.6 Å². The van der Waals surface area contributed by atoms with Crippen LogP contribution in [0.1, 0.15) is 19.8 Å². The molecule has 84 valence electrons. The van der Waals surface area contributed by atoms with Crippen LogP contribution in [0.15, 0.2) is 12.3 Å². The molecule has 4 nitrogen and oxygen atoms in total. The Morgan fingerprint density at radius 3 is 3.13 bits per heavy atom. The lowest BCUT2D eigenvalue weighted by Gasteiger charge is -2.15. The predicted molar refractivity (Wildman–Crippen MR) is 59.9 cm³/mol. The molecule has 1 aromatic heterocycles. The van der Waals surface area contributed by atoms with Crippen molar-refractivity contribution >= 4 is 5.82 Å². The summed E-state index contributed by atoms with van der Waals surface area (Å²) in [4.78, 5) is 0. The maximum Gasteiger partial charge on any atom is 0.124 e. The summed E-state index contributed by atoms with van der Waals surface area (Å²) in [6, 6.07) is 2.35. The molecule has 0 aromatic carbocycles. The second-order valence-electron chi connectivity index (χ2n) is 4.34. The molecular formula is C11H19N3O. The lowest BCUT2D eigenvalue weighted by molar-refractivity contribution is 0.190. The zero-order valence-electron chi connectivity index (χ0n) is 9.44. The SMILES string of the molecule is COCC(C)Nc1ccnn1CC1CC1. The Balaban J connectivity index is 1.91. The third kappa shape index (κ3) is 2.96. The van der Waals surface area contributed by atoms with Crippen LogP contribution in [0.4, 0.5) is 5.82 Å². The number of nitrogens with zero attached hydrogens (tertiary/aromatic N) is 2. The van der Waals surface area contributed by atoms with E-state index in [-0.39, 0.29) is 0 Å². The van der Waals surface area contributed by atoms with Crippen LogP contribution in [-0.4, -0.2) is 29.5 Å². The number of aromatic nitrogens is 2. The van der Waals surface area contributed by atoms with Crippen molar-refractivity contribution in [2.45, 2.75) is 32.4 Å². The minimum Gasteiger partial charge on any atom is -0.383 e. The molecule has 0 saturated heterocycles. The molecule has 4 heteroatoms. The van der Waals surface area contributed by atoms with E-state index in [4.69, 9.17) is 4.74 Å². The molecule has 1 aliphatic carbocycles. The zero-order chi connectivity index (χ0) is 10.7. The number of anilines is 1. The van der Waals surface area contributed by atoms with Crippen molar-refractivity contribution in [2.75, 3.05) is 19.0 Å². The quantitative estimate of drug-likeness (QED) is 0.775. The minimum atomic E-state index is 0.324. The van der Waals surface area contributed by atoms with E-state index < -0.39 is 0 Å². The number of hydrogen-bond donors (Lipinski definition) is 1. The molecule has 1 aromatic rings. The Bertz CT molecular complexity index is 307. The standard InChI is InChI=1S/C11H19N3O/c1-9(8-15-2)13-11-5-6-12-14(11)7-10-3-4-10/h5-6,9-10,13H,3-4,7-8H2,1-2H3. The van der Waals surface area contributed by atoms with E-state index in [1.807, 2.05) is 12.3 Å². The highest BCUT2D eigenvalue weighted by molar-refractivity contribution is 5.35. The molecule has 0 aliphatic heterocycles. The van der Waals surface area contributed by atoms with Gasteiger partial charge >= 0.3 is 0 Å². The van der Waals surface area contributed by atoms with E-state index in [1.54, 1.807) is 7.11 Å². The average Bonchev–Trinajstić information content (AvgIpc) is 2.90. The average molecular weight is 209 g/mol. The van der Waals surface area contributed by atoms with Gasteiger partial charge in [0, 0.05) is 25.8 Å². The van der Waals surface area contributed by atoms with E-state index in [0.29, 0.717) is 12.6 Å². The number of ether oxygens (including phenoxy) is 1. The largest absolute Gasteiger partial charge is 0.383 e. The molecule has 1 saturated carbocycles. The van der Waals surface area contributed by atoms with Crippen molar-refractivity contribution < 1.29 is 4.74 Å². The summed E-state index contributed by atoms with van der Waals surface area (Å²) in [5.41, 5.74) is 0. The first-order valence-corrected chi connectivity index (χ1v) is 5.57. The van der Waals surface area contributed by atoms with Crippen molar-refractivity contribution in [3.05, 3.63) is 12.3 Å². The van der Waals surface area contributed by atoms with Crippen LogP contribution >= 0.6 is 0 Å². The summed E-state index contributed by atoms with van der Waals surface area (Å²) in [7, 11) is 1.72. The lowest BCUT2D eigenvalue weighted by atomic mass is 10.3. The third-order valence-electron chi connectivity index (χ3n) is 2.66. The Kier molecular flexibility index (Phi) is 3.26. The van der Waals surface area contributed by atoms with E-state index in [9.17, 15) is 0 Å². The van der Waals surface area contributed by atoms with E-state index in [0.717, 1.165) is 18.3 Å². The van der Waals surface area contributed by atoms with Crippen LogP contribution in [-0.2, 0) is 11.3 Å². The molecule has 1 unspecified atom stereocenters. The molecule has 1 N–H and O–H groups in total. The van der Waals surface area contributed by atoms with Gasteiger partial charge in [-0.05, 0) is 25.7 Å². The molecular weight excluding hydrogens is 190 g/mol. The van der Waals surface area contributed by atoms with Crippen LogP contribution in [0.2, 0.25) is 0 Å². The molecule has 1 aliphatic rings. The number of hydrogen-bond acceptors (Lipinski definition) is 3. The summed E-state index contributed by atoms with van der Waals surface area (Å²) in [6.07, 6.45) is 4.56. The molecule has 0 bridgehead atoms. The first-order valence-electron chi connectivity index (χ1n) is 5.57. The predicted octanol–water partition coefficient (Wildman–Crippen LogP) is 1.74. The number of methoxy groups -OCH3 is 1. The summed E-state index contributed by atoms with van der Waals surface area (Å²) in [5, 5.41) is 7.72. The molecule has 1 atom stereocenters. The molecule has 1 fully saturated rings. The second-order valence-corrected chi connectivity index (χ2v) is 4.34. The first kappa shape index (κ1) is 10.5. The van der Waals surface area contributed by atoms with Gasteiger partial charge in [0.15, 0.2) is 0 Å². The highest BCUT2D eigenvalue weighted by Gasteiger charge is 2.23. The smallest absolute Gasteiger partial charge is 0.124 e. The summed E-state index contributed by atoms with van der Waals surface area (Å²) >= 11 is 0. The van der Waals surface area contributed by atoms with Gasteiger partial charge in [-0.15, -0.1) is 0 Å². The molecule has 2 rings (SSSR count). The van der Waals surface area contributed by atoms with Crippen LogP contribution < -0.4 is 5.32 Å².